The lowest BCUT2D eigenvalue weighted by Crippen LogP contribution is -2.49. The van der Waals surface area contributed by atoms with Gasteiger partial charge in [0.05, 0.1) is 37.3 Å². The maximum Gasteiger partial charge on any atom is 0.439 e. The molecule has 5 N–H and O–H groups in total. The maximum absolute atomic E-state index is 13.4. The Hall–Kier alpha value is -5.07. The molecule has 2 aromatic rings. The molecule has 1 aromatic heterocycles. The molecule has 3 heterocycles. The van der Waals surface area contributed by atoms with E-state index in [2.05, 4.69) is 19.8 Å². The van der Waals surface area contributed by atoms with Gasteiger partial charge in [0.1, 0.15) is 6.04 Å². The van der Waals surface area contributed by atoms with Gasteiger partial charge in [0.25, 0.3) is 5.91 Å². The van der Waals surface area contributed by atoms with Crippen LogP contribution in [0.5, 0.6) is 0 Å². The fourth-order valence-corrected chi connectivity index (χ4v) is 8.07. The Kier molecular flexibility index (Phi) is 19.8. The Morgan fingerprint density at radius 3 is 1.89 bits per heavy atom. The van der Waals surface area contributed by atoms with Crippen molar-refractivity contribution in [2.75, 3.05) is 110 Å². The first kappa shape index (κ1) is 50.6. The molecule has 2 fully saturated rings. The topological polar surface area (TPSA) is 263 Å². The van der Waals surface area contributed by atoms with Crippen molar-refractivity contribution < 1.29 is 60.6 Å². The standard InChI is InChI=1S/C40H60FN9O12S/c1-29(40(59)50-15-7-8-35(50)62-63(41,60)61)44-39(58)31-11-13-42-33-10-9-30(24-32(31)33)45(2)14-6-4-3-5-12-43-34(51)25-46-16-18-47(26-36(52)53)20-22-49(28-38(56)57)23-21-48(19-17-46)27-37(54)55/h9-11,13,24,29,35H,3-8,12,14-23,25-28H2,1-2H3,(H,43,51)(H,44,58)(H,52,53)(H,54,55)(H,56,57). The molecule has 0 aliphatic carbocycles. The number of rotatable bonds is 21. The Balaban J connectivity index is 1.23. The fraction of sp³-hybridized carbons (Fsp3) is 0.625. The van der Waals surface area contributed by atoms with E-state index in [0.29, 0.717) is 69.7 Å². The number of pyridine rings is 1. The number of hydrogen-bond donors (Lipinski definition) is 5. The normalized spacial score (nSPS) is 18.3. The summed E-state index contributed by atoms with van der Waals surface area (Å²) >= 11 is 0. The first-order chi connectivity index (χ1) is 29.9. The number of carbonyl (C=O) groups is 6. The smallest absolute Gasteiger partial charge is 0.439 e. The third kappa shape index (κ3) is 17.6. The van der Waals surface area contributed by atoms with Crippen LogP contribution in [0.3, 0.4) is 0 Å². The minimum atomic E-state index is -5.28. The van der Waals surface area contributed by atoms with Gasteiger partial charge in [-0.15, -0.1) is 0 Å². The Bertz CT molecular complexity index is 1980. The van der Waals surface area contributed by atoms with E-state index in [9.17, 15) is 56.4 Å². The van der Waals surface area contributed by atoms with Crippen LogP contribution in [0.25, 0.3) is 10.9 Å². The monoisotopic (exact) mass is 909 g/mol. The summed E-state index contributed by atoms with van der Waals surface area (Å²) in [6, 6.07) is 6.02. The summed E-state index contributed by atoms with van der Waals surface area (Å²) in [4.78, 5) is 88.5. The lowest BCUT2D eigenvalue weighted by molar-refractivity contribution is -0.140. The molecule has 0 saturated carbocycles. The van der Waals surface area contributed by atoms with Crippen LogP contribution in [0.15, 0.2) is 30.5 Å². The maximum atomic E-state index is 13.4. The number of nitrogens with one attached hydrogen (secondary N) is 2. The molecule has 2 unspecified atom stereocenters. The molecule has 3 amide bonds. The second-order valence-electron chi connectivity index (χ2n) is 15.8. The fourth-order valence-electron chi connectivity index (χ4n) is 7.60. The summed E-state index contributed by atoms with van der Waals surface area (Å²) in [5.74, 6) is -4.42. The largest absolute Gasteiger partial charge is 0.480 e. The Labute approximate surface area is 366 Å². The molecular formula is C40H60FN9O12S. The van der Waals surface area contributed by atoms with Crippen LogP contribution < -0.4 is 15.5 Å². The van der Waals surface area contributed by atoms with Gasteiger partial charge in [-0.3, -0.25) is 53.4 Å². The number of nitrogens with zero attached hydrogens (tertiary/aromatic N) is 7. The molecule has 2 atom stereocenters. The lowest BCUT2D eigenvalue weighted by Gasteiger charge is -2.32. The average molecular weight is 910 g/mol. The van der Waals surface area contributed by atoms with Crippen molar-refractivity contribution in [1.82, 2.24) is 40.1 Å². The number of unbranched alkanes of at least 4 members (excludes halogenated alkanes) is 3. The number of amides is 3. The number of hydrogen-bond acceptors (Lipinski definition) is 15. The van der Waals surface area contributed by atoms with Crippen LogP contribution in [-0.2, 0) is 38.7 Å². The number of carbonyl (C=O) groups excluding carboxylic acids is 3. The van der Waals surface area contributed by atoms with Crippen LogP contribution in [-0.4, -0.2) is 206 Å². The van der Waals surface area contributed by atoms with Gasteiger partial charge in [-0.05, 0) is 56.9 Å². The van der Waals surface area contributed by atoms with Crippen molar-refractivity contribution in [3.05, 3.63) is 36.0 Å². The second kappa shape index (κ2) is 24.7. The van der Waals surface area contributed by atoms with E-state index in [-0.39, 0.29) is 63.7 Å². The number of halogens is 1. The number of carboxylic acids is 3. The molecule has 350 valence electrons. The zero-order valence-corrected chi connectivity index (χ0v) is 36.6. The lowest BCUT2D eigenvalue weighted by atomic mass is 10.1. The van der Waals surface area contributed by atoms with Crippen molar-refractivity contribution in [1.29, 1.82) is 0 Å². The summed E-state index contributed by atoms with van der Waals surface area (Å²) in [5.41, 5.74) is 1.69. The van der Waals surface area contributed by atoms with Crippen molar-refractivity contribution in [2.24, 2.45) is 0 Å². The van der Waals surface area contributed by atoms with Crippen molar-refractivity contribution >= 4 is 62.7 Å². The van der Waals surface area contributed by atoms with Crippen LogP contribution in [0.1, 0.15) is 55.8 Å². The molecule has 63 heavy (non-hydrogen) atoms. The SMILES string of the molecule is CC(NC(=O)c1ccnc2ccc(N(C)CCCCCCNC(=O)CN3CCN(CC(=O)O)CCN(CC(=O)O)CCN(CC(=O)O)CC3)cc12)C(=O)N1CCCC1OS(=O)(=O)F. The molecular weight excluding hydrogens is 850 g/mol. The number of fused-ring (bicyclic) bond motifs is 1. The first-order valence-corrected chi connectivity index (χ1v) is 22.3. The highest BCUT2D eigenvalue weighted by Crippen LogP contribution is 2.25. The quantitative estimate of drug-likeness (QED) is 0.0823. The first-order valence-electron chi connectivity index (χ1n) is 21.0. The van der Waals surface area contributed by atoms with E-state index in [1.807, 2.05) is 29.0 Å². The molecule has 2 aliphatic heterocycles. The van der Waals surface area contributed by atoms with E-state index in [1.165, 1.54) is 13.1 Å². The van der Waals surface area contributed by atoms with E-state index in [4.69, 9.17) is 0 Å². The minimum Gasteiger partial charge on any atom is -0.480 e. The highest BCUT2D eigenvalue weighted by molar-refractivity contribution is 7.81. The summed E-state index contributed by atoms with van der Waals surface area (Å²) < 4.78 is 39.7. The van der Waals surface area contributed by atoms with Gasteiger partial charge < -0.3 is 35.8 Å². The van der Waals surface area contributed by atoms with E-state index < -0.39 is 52.5 Å². The van der Waals surface area contributed by atoms with E-state index in [1.54, 1.807) is 26.8 Å². The van der Waals surface area contributed by atoms with Gasteiger partial charge in [0.2, 0.25) is 11.8 Å². The van der Waals surface area contributed by atoms with E-state index >= 15 is 0 Å². The van der Waals surface area contributed by atoms with Crippen LogP contribution >= 0.6 is 0 Å². The summed E-state index contributed by atoms with van der Waals surface area (Å²) in [6.07, 6.45) is 4.07. The van der Waals surface area contributed by atoms with Crippen LogP contribution in [0, 0.1) is 0 Å². The number of benzene rings is 1. The summed E-state index contributed by atoms with van der Waals surface area (Å²) in [6.45, 7) is 4.58. The Morgan fingerprint density at radius 2 is 1.35 bits per heavy atom. The van der Waals surface area contributed by atoms with E-state index in [0.717, 1.165) is 36.3 Å². The van der Waals surface area contributed by atoms with Gasteiger partial charge in [0.15, 0.2) is 6.23 Å². The molecule has 4 rings (SSSR count). The number of likely N-dealkylation sites (tertiary alicyclic amines) is 1. The minimum absolute atomic E-state index is 0.0455. The zero-order chi connectivity index (χ0) is 46.1. The molecule has 0 radical (unpaired) electrons. The second-order valence-corrected chi connectivity index (χ2v) is 16.8. The molecule has 2 saturated heterocycles. The molecule has 21 nitrogen and oxygen atoms in total. The van der Waals surface area contributed by atoms with Gasteiger partial charge in [-0.25, -0.2) is 4.18 Å². The molecule has 0 spiro atoms. The van der Waals surface area contributed by atoms with Gasteiger partial charge in [0, 0.05) is 96.3 Å². The third-order valence-electron chi connectivity index (χ3n) is 11.0. The predicted molar refractivity (Wildman–Crippen MR) is 228 cm³/mol. The number of carboxylic acid groups (broad SMARTS) is 3. The molecule has 2 aliphatic rings. The van der Waals surface area contributed by atoms with Crippen molar-refractivity contribution in [3.63, 3.8) is 0 Å². The molecule has 1 aromatic carbocycles. The van der Waals surface area contributed by atoms with Gasteiger partial charge in [-0.1, -0.05) is 16.7 Å². The Morgan fingerprint density at radius 1 is 0.810 bits per heavy atom. The highest BCUT2D eigenvalue weighted by atomic mass is 32.3. The van der Waals surface area contributed by atoms with Gasteiger partial charge in [-0.2, -0.15) is 8.42 Å². The predicted octanol–water partition coefficient (Wildman–Crippen LogP) is 0.121. The summed E-state index contributed by atoms with van der Waals surface area (Å²) in [5, 5.41) is 34.4. The zero-order valence-electron chi connectivity index (χ0n) is 35.8. The molecule has 0 bridgehead atoms. The average Bonchev–Trinajstić information content (AvgIpc) is 3.66. The van der Waals surface area contributed by atoms with Gasteiger partial charge >= 0.3 is 28.4 Å². The number of aromatic nitrogens is 1. The molecule has 23 heteroatoms. The van der Waals surface area contributed by atoms with Crippen molar-refractivity contribution in [3.8, 4) is 0 Å². The van der Waals surface area contributed by atoms with Crippen molar-refractivity contribution in [2.45, 2.75) is 57.7 Å². The third-order valence-corrected chi connectivity index (χ3v) is 11.4. The number of aliphatic carboxylic acids is 3. The van der Waals surface area contributed by atoms with Crippen LogP contribution in [0.2, 0.25) is 0 Å². The van der Waals surface area contributed by atoms with Crippen LogP contribution in [0.4, 0.5) is 9.57 Å². The summed E-state index contributed by atoms with van der Waals surface area (Å²) in [7, 11) is -3.35. The number of anilines is 1. The highest BCUT2D eigenvalue weighted by Gasteiger charge is 2.36.